The highest BCUT2D eigenvalue weighted by Crippen LogP contribution is 2.45. The van der Waals surface area contributed by atoms with E-state index in [1.807, 2.05) is 6.07 Å². The number of methoxy groups -OCH3 is 1. The first-order valence-electron chi connectivity index (χ1n) is 11.3. The molecule has 0 saturated carbocycles. The molecular weight excluding hydrogens is 414 g/mol. The number of esters is 1. The number of carbonyl (C=O) groups is 1. The van der Waals surface area contributed by atoms with Gasteiger partial charge in [-0.25, -0.2) is 8.42 Å². The molecule has 4 atom stereocenters. The van der Waals surface area contributed by atoms with Crippen molar-refractivity contribution in [3.05, 3.63) is 29.8 Å². The summed E-state index contributed by atoms with van der Waals surface area (Å²) < 4.78 is 34.0. The van der Waals surface area contributed by atoms with Crippen LogP contribution in [0.5, 0.6) is 0 Å². The fourth-order valence-corrected chi connectivity index (χ4v) is 7.81. The fourth-order valence-electron chi connectivity index (χ4n) is 6.01. The Hall–Kier alpha value is -1.95. The van der Waals surface area contributed by atoms with Crippen LogP contribution in [0, 0.1) is 23.2 Å². The average molecular weight is 446 g/mol. The Morgan fingerprint density at radius 3 is 2.77 bits per heavy atom. The Balaban J connectivity index is 1.67. The lowest BCUT2D eigenvalue weighted by Gasteiger charge is -2.57. The second-order valence-corrected chi connectivity index (χ2v) is 10.9. The molecule has 0 unspecified atom stereocenters. The van der Waals surface area contributed by atoms with Gasteiger partial charge >= 0.3 is 5.97 Å². The molecule has 4 rings (SSSR count). The SMILES string of the molecule is COC(=O)CCC[C@@H]1[C@H]2CCCN3CCC[C@@H](CN1S(=O)(=O)c1cccc(C#N)c1)[C@@H]23. The maximum absolute atomic E-state index is 13.8. The molecule has 0 N–H and O–H groups in total. The topological polar surface area (TPSA) is 90.7 Å². The lowest BCUT2D eigenvalue weighted by atomic mass is 9.70. The van der Waals surface area contributed by atoms with Crippen LogP contribution < -0.4 is 0 Å². The number of benzene rings is 1. The maximum Gasteiger partial charge on any atom is 0.305 e. The van der Waals surface area contributed by atoms with Crippen LogP contribution >= 0.6 is 0 Å². The molecule has 168 valence electrons. The summed E-state index contributed by atoms with van der Waals surface area (Å²) in [6.07, 6.45) is 5.82. The number of hydrogen-bond acceptors (Lipinski definition) is 6. The molecule has 0 radical (unpaired) electrons. The van der Waals surface area contributed by atoms with Gasteiger partial charge in [-0.1, -0.05) is 6.07 Å². The van der Waals surface area contributed by atoms with Gasteiger partial charge < -0.3 is 4.74 Å². The van der Waals surface area contributed by atoms with Crippen molar-refractivity contribution in [2.24, 2.45) is 11.8 Å². The van der Waals surface area contributed by atoms with E-state index in [0.29, 0.717) is 43.3 Å². The van der Waals surface area contributed by atoms with Crippen molar-refractivity contribution in [3.8, 4) is 6.07 Å². The van der Waals surface area contributed by atoms with Crippen LogP contribution in [0.4, 0.5) is 0 Å². The zero-order chi connectivity index (χ0) is 22.0. The first-order valence-corrected chi connectivity index (χ1v) is 12.7. The molecule has 1 aromatic rings. The van der Waals surface area contributed by atoms with Crippen molar-refractivity contribution in [1.82, 2.24) is 9.21 Å². The maximum atomic E-state index is 13.8. The Kier molecular flexibility index (Phi) is 6.65. The molecule has 7 nitrogen and oxygen atoms in total. The predicted molar refractivity (Wildman–Crippen MR) is 116 cm³/mol. The van der Waals surface area contributed by atoms with Crippen molar-refractivity contribution in [1.29, 1.82) is 5.26 Å². The molecule has 3 saturated heterocycles. The second-order valence-electron chi connectivity index (χ2n) is 8.99. The van der Waals surface area contributed by atoms with Gasteiger partial charge in [-0.15, -0.1) is 0 Å². The monoisotopic (exact) mass is 445 g/mol. The van der Waals surface area contributed by atoms with Gasteiger partial charge in [-0.3, -0.25) is 9.69 Å². The molecular formula is C23H31N3O4S. The Bertz CT molecular complexity index is 956. The minimum Gasteiger partial charge on any atom is -0.469 e. The lowest BCUT2D eigenvalue weighted by Crippen LogP contribution is -2.65. The summed E-state index contributed by atoms with van der Waals surface area (Å²) in [5.74, 6) is 0.358. The van der Waals surface area contributed by atoms with Crippen LogP contribution in [-0.2, 0) is 19.6 Å². The van der Waals surface area contributed by atoms with Gasteiger partial charge in [0.1, 0.15) is 0 Å². The third-order valence-electron chi connectivity index (χ3n) is 7.30. The lowest BCUT2D eigenvalue weighted by molar-refractivity contribution is -0.140. The number of rotatable bonds is 6. The Morgan fingerprint density at radius 1 is 1.26 bits per heavy atom. The molecule has 8 heteroatoms. The second kappa shape index (κ2) is 9.27. The number of carbonyl (C=O) groups excluding carboxylic acids is 1. The van der Waals surface area contributed by atoms with Gasteiger partial charge in [0.05, 0.1) is 23.6 Å². The molecule has 0 bridgehead atoms. The van der Waals surface area contributed by atoms with Crippen molar-refractivity contribution < 1.29 is 17.9 Å². The van der Waals surface area contributed by atoms with Gasteiger partial charge in [0.25, 0.3) is 0 Å². The number of nitrogens with zero attached hydrogens (tertiary/aromatic N) is 3. The molecule has 0 aliphatic carbocycles. The molecule has 31 heavy (non-hydrogen) atoms. The van der Waals surface area contributed by atoms with Crippen molar-refractivity contribution in [2.75, 3.05) is 26.7 Å². The number of piperidine rings is 3. The number of hydrogen-bond donors (Lipinski definition) is 0. The van der Waals surface area contributed by atoms with Gasteiger partial charge in [0, 0.05) is 25.0 Å². The van der Waals surface area contributed by atoms with Crippen LogP contribution in [0.3, 0.4) is 0 Å². The van der Waals surface area contributed by atoms with E-state index in [-0.39, 0.29) is 22.8 Å². The van der Waals surface area contributed by atoms with Crippen LogP contribution in [0.1, 0.15) is 50.5 Å². The average Bonchev–Trinajstić information content (AvgIpc) is 2.80. The number of sulfonamides is 1. The van der Waals surface area contributed by atoms with E-state index in [1.54, 1.807) is 22.5 Å². The molecule has 0 aromatic heterocycles. The summed E-state index contributed by atoms with van der Waals surface area (Å²) in [6, 6.07) is 8.66. The van der Waals surface area contributed by atoms with Gasteiger partial charge in [-0.2, -0.15) is 9.57 Å². The minimum atomic E-state index is -3.74. The largest absolute Gasteiger partial charge is 0.469 e. The Labute approximate surface area is 185 Å². The van der Waals surface area contributed by atoms with Crippen molar-refractivity contribution in [3.63, 3.8) is 0 Å². The highest BCUT2D eigenvalue weighted by Gasteiger charge is 2.51. The third kappa shape index (κ3) is 4.36. The van der Waals surface area contributed by atoms with E-state index in [0.717, 1.165) is 38.8 Å². The van der Waals surface area contributed by atoms with E-state index < -0.39 is 10.0 Å². The highest BCUT2D eigenvalue weighted by atomic mass is 32.2. The molecule has 3 aliphatic rings. The molecule has 0 spiro atoms. The zero-order valence-electron chi connectivity index (χ0n) is 18.1. The quantitative estimate of drug-likeness (QED) is 0.626. The van der Waals surface area contributed by atoms with Crippen LogP contribution in [-0.4, -0.2) is 62.4 Å². The fraction of sp³-hybridized carbons (Fsp3) is 0.652. The molecule has 1 aromatic carbocycles. The minimum absolute atomic E-state index is 0.137. The standard InChI is InChI=1S/C23H31N3O4S/c1-30-22(27)11-3-10-21-20-9-5-13-25-12-4-7-18(23(20)25)16-26(21)31(28,29)19-8-2-6-17(14-19)15-24/h2,6,8,14,18,20-21,23H,3-5,7,9-13,16H2,1H3/t18-,20+,21+,23-/m0/s1. The van der Waals surface area contributed by atoms with Gasteiger partial charge in [0.2, 0.25) is 10.0 Å². The normalized spacial score (nSPS) is 29.0. The molecule has 3 heterocycles. The van der Waals surface area contributed by atoms with E-state index in [1.165, 1.54) is 13.2 Å². The van der Waals surface area contributed by atoms with E-state index in [9.17, 15) is 18.5 Å². The number of ether oxygens (including phenoxy) is 1. The third-order valence-corrected chi connectivity index (χ3v) is 9.19. The van der Waals surface area contributed by atoms with Gasteiger partial charge in [0.15, 0.2) is 0 Å². The summed E-state index contributed by atoms with van der Waals surface area (Å²) >= 11 is 0. The summed E-state index contributed by atoms with van der Waals surface area (Å²) in [7, 11) is -2.36. The highest BCUT2D eigenvalue weighted by molar-refractivity contribution is 7.89. The Morgan fingerprint density at radius 2 is 2.03 bits per heavy atom. The summed E-state index contributed by atoms with van der Waals surface area (Å²) in [5.41, 5.74) is 0.347. The smallest absolute Gasteiger partial charge is 0.305 e. The first-order chi connectivity index (χ1) is 15.0. The van der Waals surface area contributed by atoms with Gasteiger partial charge in [-0.05, 0) is 81.6 Å². The summed E-state index contributed by atoms with van der Waals surface area (Å²) in [4.78, 5) is 14.4. The predicted octanol–water partition coefficient (Wildman–Crippen LogP) is 2.77. The van der Waals surface area contributed by atoms with Crippen LogP contribution in [0.25, 0.3) is 0 Å². The summed E-state index contributed by atoms with van der Waals surface area (Å²) in [6.45, 7) is 2.71. The van der Waals surface area contributed by atoms with E-state index in [2.05, 4.69) is 4.90 Å². The van der Waals surface area contributed by atoms with E-state index >= 15 is 0 Å². The van der Waals surface area contributed by atoms with Crippen molar-refractivity contribution in [2.45, 2.75) is 61.9 Å². The number of nitriles is 1. The summed E-state index contributed by atoms with van der Waals surface area (Å²) in [5, 5.41) is 9.25. The van der Waals surface area contributed by atoms with Crippen LogP contribution in [0.15, 0.2) is 29.2 Å². The molecule has 3 fully saturated rings. The molecule has 3 aliphatic heterocycles. The zero-order valence-corrected chi connectivity index (χ0v) is 18.9. The molecule has 0 amide bonds. The first kappa shape index (κ1) is 22.3. The van der Waals surface area contributed by atoms with E-state index in [4.69, 9.17) is 4.74 Å². The van der Waals surface area contributed by atoms with Crippen molar-refractivity contribution >= 4 is 16.0 Å². The van der Waals surface area contributed by atoms with Crippen LogP contribution in [0.2, 0.25) is 0 Å².